The predicted octanol–water partition coefficient (Wildman–Crippen LogP) is 9.43. The third kappa shape index (κ3) is 8.73. The van der Waals surface area contributed by atoms with E-state index in [1.54, 1.807) is 18.1 Å². The Bertz CT molecular complexity index is 741. The van der Waals surface area contributed by atoms with E-state index in [-0.39, 0.29) is 6.26 Å². The third-order valence-electron chi connectivity index (χ3n) is 8.32. The Hall–Kier alpha value is -1.30. The lowest BCUT2D eigenvalue weighted by molar-refractivity contribution is 0.184. The second-order valence-corrected chi connectivity index (χ2v) is 14.2. The molecule has 0 spiro atoms. The third-order valence-corrected chi connectivity index (χ3v) is 11.8. The Kier molecular flexibility index (Phi) is 11.5. The van der Waals surface area contributed by atoms with E-state index in [9.17, 15) is 17.6 Å². The summed E-state index contributed by atoms with van der Waals surface area (Å²) in [5.41, 5.74) is 0.546. The first-order chi connectivity index (χ1) is 16.5. The fraction of sp³-hybridized carbons (Fsp3) is 0.714. The van der Waals surface area contributed by atoms with Crippen LogP contribution >= 0.6 is 0 Å². The number of hydrogen-bond donors (Lipinski definition) is 0. The van der Waals surface area contributed by atoms with E-state index in [0.717, 1.165) is 30.6 Å². The first-order valence-corrected chi connectivity index (χ1v) is 16.1. The summed E-state index contributed by atoms with van der Waals surface area (Å²) in [4.78, 5) is 0. The van der Waals surface area contributed by atoms with Gasteiger partial charge in [-0.05, 0) is 61.1 Å². The van der Waals surface area contributed by atoms with Gasteiger partial charge in [-0.2, -0.15) is 8.78 Å². The van der Waals surface area contributed by atoms with Gasteiger partial charge in [0.1, 0.15) is 0 Å². The number of halogens is 4. The predicted molar refractivity (Wildman–Crippen MR) is 134 cm³/mol. The molecular weight excluding hydrogens is 456 g/mol. The summed E-state index contributed by atoms with van der Waals surface area (Å²) in [6, 6.07) is 7.14. The number of hydrogen-bond acceptors (Lipinski definition) is 1. The van der Waals surface area contributed by atoms with Crippen molar-refractivity contribution in [3.63, 3.8) is 0 Å². The molecule has 0 unspecified atom stereocenters. The minimum absolute atomic E-state index is 0.0528. The number of rotatable bonds is 12. The maximum Gasteiger partial charge on any atom is 0.305 e. The van der Waals surface area contributed by atoms with Crippen LogP contribution in [-0.2, 0) is 6.42 Å². The fourth-order valence-corrected chi connectivity index (χ4v) is 9.85. The SMILES string of the molecule is CCCCC[SiH]1CCC([C@H]2CC[C@H](CCCCc3cc(F)c(OC=C(F)F)c(F)c3)CC2)CC1. The average Bonchev–Trinajstić information content (AvgIpc) is 2.82. The van der Waals surface area contributed by atoms with Gasteiger partial charge >= 0.3 is 6.08 Å². The molecule has 1 nitrogen and oxygen atoms in total. The molecule has 34 heavy (non-hydrogen) atoms. The fourth-order valence-electron chi connectivity index (χ4n) is 6.31. The van der Waals surface area contributed by atoms with Gasteiger partial charge in [0.05, 0.1) is 0 Å². The highest BCUT2D eigenvalue weighted by Gasteiger charge is 2.30. The maximum atomic E-state index is 14.0. The molecule has 3 rings (SSSR count). The molecule has 0 N–H and O–H groups in total. The van der Waals surface area contributed by atoms with Gasteiger partial charge in [0.25, 0.3) is 0 Å². The first kappa shape index (κ1) is 27.3. The Labute approximate surface area is 205 Å². The molecule has 1 heterocycles. The quantitative estimate of drug-likeness (QED) is 0.121. The minimum Gasteiger partial charge on any atom is -0.453 e. The highest BCUT2D eigenvalue weighted by Crippen LogP contribution is 2.42. The first-order valence-electron chi connectivity index (χ1n) is 13.6. The van der Waals surface area contributed by atoms with Crippen molar-refractivity contribution in [2.24, 2.45) is 17.8 Å². The number of benzene rings is 1. The van der Waals surface area contributed by atoms with Crippen LogP contribution in [0.2, 0.25) is 18.1 Å². The van der Waals surface area contributed by atoms with Gasteiger partial charge in [-0.1, -0.05) is 82.8 Å². The zero-order chi connectivity index (χ0) is 24.3. The van der Waals surface area contributed by atoms with Crippen LogP contribution in [0.15, 0.2) is 24.5 Å². The second-order valence-electron chi connectivity index (χ2n) is 10.7. The molecule has 2 fully saturated rings. The van der Waals surface area contributed by atoms with Crippen molar-refractivity contribution in [2.45, 2.75) is 109 Å². The van der Waals surface area contributed by atoms with Crippen LogP contribution in [0.5, 0.6) is 5.75 Å². The normalized spacial score (nSPS) is 25.2. The summed E-state index contributed by atoms with van der Waals surface area (Å²) in [6.07, 6.45) is 14.4. The smallest absolute Gasteiger partial charge is 0.305 e. The molecule has 192 valence electrons. The van der Waals surface area contributed by atoms with Gasteiger partial charge in [0.2, 0.25) is 0 Å². The minimum atomic E-state index is -2.14. The topological polar surface area (TPSA) is 9.23 Å². The van der Waals surface area contributed by atoms with Gasteiger partial charge in [0, 0.05) is 8.80 Å². The molecule has 1 saturated carbocycles. The monoisotopic (exact) mass is 498 g/mol. The Morgan fingerprint density at radius 2 is 1.56 bits per heavy atom. The Morgan fingerprint density at radius 3 is 2.18 bits per heavy atom. The lowest BCUT2D eigenvalue weighted by Crippen LogP contribution is -2.28. The highest BCUT2D eigenvalue weighted by atomic mass is 28.3. The number of unbranched alkanes of at least 4 members (excludes halogenated alkanes) is 3. The van der Waals surface area contributed by atoms with Gasteiger partial charge in [-0.15, -0.1) is 0 Å². The molecule has 6 heteroatoms. The summed E-state index contributed by atoms with van der Waals surface area (Å²) >= 11 is 0. The van der Waals surface area contributed by atoms with E-state index in [1.165, 1.54) is 76.3 Å². The zero-order valence-electron chi connectivity index (χ0n) is 20.8. The van der Waals surface area contributed by atoms with Gasteiger partial charge in [-0.25, -0.2) is 8.78 Å². The van der Waals surface area contributed by atoms with E-state index < -0.39 is 32.3 Å². The van der Waals surface area contributed by atoms with Crippen LogP contribution in [0.3, 0.4) is 0 Å². The molecule has 1 saturated heterocycles. The summed E-state index contributed by atoms with van der Waals surface area (Å²) < 4.78 is 56.6. The summed E-state index contributed by atoms with van der Waals surface area (Å²) in [7, 11) is -0.412. The largest absolute Gasteiger partial charge is 0.453 e. The van der Waals surface area contributed by atoms with Crippen molar-refractivity contribution in [3.05, 3.63) is 41.7 Å². The van der Waals surface area contributed by atoms with E-state index in [0.29, 0.717) is 12.0 Å². The van der Waals surface area contributed by atoms with Crippen molar-refractivity contribution in [2.75, 3.05) is 0 Å². The van der Waals surface area contributed by atoms with Crippen molar-refractivity contribution >= 4 is 8.80 Å². The molecule has 1 aromatic carbocycles. The van der Waals surface area contributed by atoms with Crippen molar-refractivity contribution in [3.8, 4) is 5.75 Å². The van der Waals surface area contributed by atoms with Crippen LogP contribution in [0, 0.1) is 29.4 Å². The van der Waals surface area contributed by atoms with Crippen molar-refractivity contribution in [1.82, 2.24) is 0 Å². The van der Waals surface area contributed by atoms with Crippen molar-refractivity contribution in [1.29, 1.82) is 0 Å². The van der Waals surface area contributed by atoms with Gasteiger partial charge in [0.15, 0.2) is 23.6 Å². The summed E-state index contributed by atoms with van der Waals surface area (Å²) in [5.74, 6) is 0.0778. The summed E-state index contributed by atoms with van der Waals surface area (Å²) in [6.45, 7) is 2.30. The van der Waals surface area contributed by atoms with E-state index >= 15 is 0 Å². The van der Waals surface area contributed by atoms with Crippen molar-refractivity contribution < 1.29 is 22.3 Å². The number of ether oxygens (including phenoxy) is 1. The molecule has 0 radical (unpaired) electrons. The molecule has 1 aromatic rings. The van der Waals surface area contributed by atoms with Crippen LogP contribution < -0.4 is 4.74 Å². The molecule has 0 aromatic heterocycles. The molecule has 0 bridgehead atoms. The lowest BCUT2D eigenvalue weighted by Gasteiger charge is -2.37. The van der Waals surface area contributed by atoms with Crippen LogP contribution in [-0.4, -0.2) is 8.80 Å². The molecule has 1 aliphatic carbocycles. The Balaban J connectivity index is 1.31. The lowest BCUT2D eigenvalue weighted by atomic mass is 9.73. The number of aryl methyl sites for hydroxylation is 1. The maximum absolute atomic E-state index is 14.0. The van der Waals surface area contributed by atoms with Crippen LogP contribution in [0.25, 0.3) is 0 Å². The molecular formula is C28H42F4OSi. The Morgan fingerprint density at radius 1 is 0.912 bits per heavy atom. The highest BCUT2D eigenvalue weighted by molar-refractivity contribution is 6.58. The van der Waals surface area contributed by atoms with Crippen LogP contribution in [0.1, 0.15) is 89.5 Å². The standard InChI is InChI=1S/C28H42F4OSi/c1-2-3-6-15-34-16-13-24(14-17-34)23-11-9-21(10-12-23)7-4-5-8-22-18-25(29)28(26(30)19-22)33-20-27(31)32/h18-21,23-24,34H,2-17H2,1H3/t21-,23-,24?,34?. The van der Waals surface area contributed by atoms with Gasteiger partial charge in [-0.3, -0.25) is 0 Å². The summed E-state index contributed by atoms with van der Waals surface area (Å²) in [5, 5.41) is 0. The van der Waals surface area contributed by atoms with E-state index in [4.69, 9.17) is 0 Å². The average molecular weight is 499 g/mol. The zero-order valence-corrected chi connectivity index (χ0v) is 21.9. The molecule has 0 amide bonds. The molecule has 2 aliphatic rings. The van der Waals surface area contributed by atoms with Gasteiger partial charge < -0.3 is 4.74 Å². The van der Waals surface area contributed by atoms with Crippen LogP contribution in [0.4, 0.5) is 17.6 Å². The molecule has 1 aliphatic heterocycles. The van der Waals surface area contributed by atoms with E-state index in [2.05, 4.69) is 11.7 Å². The second kappa shape index (κ2) is 14.3. The van der Waals surface area contributed by atoms with E-state index in [1.807, 2.05) is 0 Å². The molecule has 0 atom stereocenters.